The molecule has 5 aliphatic rings. The lowest BCUT2D eigenvalue weighted by atomic mass is 9.66. The monoisotopic (exact) mass is 599 g/mol. The third-order valence-electron chi connectivity index (χ3n) is 7.91. The van der Waals surface area contributed by atoms with Gasteiger partial charge in [0.2, 0.25) is 12.5 Å². The number of carbonyl (C=O) groups excluding carboxylic acids is 1. The van der Waals surface area contributed by atoms with Gasteiger partial charge in [0, 0.05) is 13.2 Å². The van der Waals surface area contributed by atoms with Crippen molar-refractivity contribution >= 4 is 5.97 Å². The van der Waals surface area contributed by atoms with Crippen LogP contribution in [0.15, 0.2) is 24.3 Å². The maximum atomic E-state index is 13.7. The number of ether oxygens (including phenoxy) is 9. The molecule has 13 heteroatoms. The molecule has 4 heterocycles. The SMILES string of the molecule is [2H]C([2H])([2H])Oc1cc([C@]2([2H])c3cc4c(cc3[C@@H](O[C@@H]3O[C@H]5[C@@H](O[C@H](C)OC5([2H])[2H])[C@H](O)[C@H]3O)[C@H]3COC(=O)[C@@H]32)OC([2H])([2H])O4)cc(OC([2H])([2H])[2H])c1O. The Kier molecular flexibility index (Phi) is 4.40. The van der Waals surface area contributed by atoms with Crippen LogP contribution in [0.4, 0.5) is 0 Å². The summed E-state index contributed by atoms with van der Waals surface area (Å²) in [6, 6.07) is 4.17. The number of hydrogen-bond acceptors (Lipinski definition) is 13. The number of esters is 1. The highest BCUT2D eigenvalue weighted by molar-refractivity contribution is 5.79. The molecule has 0 aromatic heterocycles. The molecular formula is C29H32O13. The minimum Gasteiger partial charge on any atom is -0.502 e. The number of benzene rings is 2. The van der Waals surface area contributed by atoms with Gasteiger partial charge in [-0.25, -0.2) is 0 Å². The number of rotatable bonds is 5. The number of cyclic esters (lactones) is 1. The van der Waals surface area contributed by atoms with E-state index in [1.807, 2.05) is 0 Å². The number of phenolic OH excluding ortho intramolecular Hbond substituents is 1. The molecule has 3 fully saturated rings. The van der Waals surface area contributed by atoms with E-state index in [1.165, 1.54) is 13.0 Å². The van der Waals surface area contributed by atoms with E-state index in [0.29, 0.717) is 0 Å². The van der Waals surface area contributed by atoms with Crippen molar-refractivity contribution in [2.24, 2.45) is 11.8 Å². The predicted octanol–water partition coefficient (Wildman–Crippen LogP) is 1.34. The van der Waals surface area contributed by atoms with Gasteiger partial charge >= 0.3 is 5.97 Å². The Balaban J connectivity index is 1.40. The summed E-state index contributed by atoms with van der Waals surface area (Å²) in [6.45, 7) is -4.30. The molecule has 0 amide bonds. The Morgan fingerprint density at radius 1 is 1.00 bits per heavy atom. The number of aromatic hydroxyl groups is 1. The van der Waals surface area contributed by atoms with Crippen LogP contribution >= 0.6 is 0 Å². The van der Waals surface area contributed by atoms with E-state index in [4.69, 9.17) is 56.3 Å². The highest BCUT2D eigenvalue weighted by Crippen LogP contribution is 2.57. The van der Waals surface area contributed by atoms with Gasteiger partial charge in [-0.15, -0.1) is 0 Å². The van der Waals surface area contributed by atoms with Gasteiger partial charge in [0.15, 0.2) is 35.6 Å². The lowest BCUT2D eigenvalue weighted by Gasteiger charge is -2.47. The first-order valence-electron chi connectivity index (χ1n) is 18.4. The van der Waals surface area contributed by atoms with Gasteiger partial charge in [-0.3, -0.25) is 4.79 Å². The van der Waals surface area contributed by atoms with Gasteiger partial charge in [0.05, 0.1) is 50.2 Å². The molecule has 42 heavy (non-hydrogen) atoms. The topological polar surface area (TPSA) is 161 Å². The smallest absolute Gasteiger partial charge is 0.310 e. The number of phenols is 1. The minimum absolute atomic E-state index is 0.0237. The third-order valence-corrected chi connectivity index (χ3v) is 7.91. The highest BCUT2D eigenvalue weighted by Gasteiger charge is 2.56. The number of aliphatic hydroxyl groups is 2. The molecule has 226 valence electrons. The summed E-state index contributed by atoms with van der Waals surface area (Å²) in [5.41, 5.74) is -0.565. The first-order valence-corrected chi connectivity index (χ1v) is 12.9. The molecule has 0 unspecified atom stereocenters. The molecule has 0 radical (unpaired) electrons. The van der Waals surface area contributed by atoms with E-state index in [-0.39, 0.29) is 28.2 Å². The number of fused-ring (bicyclic) bond motifs is 4. The standard InChI is InChI=1S/C29H32O13/c1-11-36-9-20-27(40-11)24(31)25(32)29(41-20)42-26-14-7-17-16(38-10-39-17)6-13(14)21(22-15(26)8-37-28(22)33)12-4-18(34-2)23(30)19(5-12)35-3/h4-7,11,15,20-22,24-27,29-32H,8-10H2,1-3H3/t11-,15+,20-,21-,22+,24-,25-,26-,27-,29+/m1/s1/i2D3,3D3,9D2,10D2,21D. The first-order chi connectivity index (χ1) is 24.4. The largest absolute Gasteiger partial charge is 0.502 e. The molecule has 1 aliphatic carbocycles. The van der Waals surface area contributed by atoms with E-state index in [9.17, 15) is 21.5 Å². The molecule has 7 rings (SSSR count). The van der Waals surface area contributed by atoms with Crippen LogP contribution < -0.4 is 18.9 Å². The van der Waals surface area contributed by atoms with E-state index in [1.54, 1.807) is 0 Å². The van der Waals surface area contributed by atoms with E-state index >= 15 is 0 Å². The van der Waals surface area contributed by atoms with Crippen LogP contribution in [0.1, 0.15) is 50.7 Å². The fraction of sp³-hybridized carbons (Fsp3) is 0.552. The molecule has 10 atom stereocenters. The first kappa shape index (κ1) is 17.7. The Morgan fingerprint density at radius 2 is 1.71 bits per heavy atom. The molecule has 0 spiro atoms. The van der Waals surface area contributed by atoms with E-state index in [0.717, 1.165) is 18.2 Å². The third kappa shape index (κ3) is 4.26. The Hall–Kier alpha value is -3.33. The molecule has 0 saturated carbocycles. The highest BCUT2D eigenvalue weighted by atomic mass is 16.8. The van der Waals surface area contributed by atoms with Crippen LogP contribution in [0.25, 0.3) is 0 Å². The zero-order chi connectivity index (χ0) is 38.8. The van der Waals surface area contributed by atoms with Crippen LogP contribution in [-0.4, -0.2) is 92.3 Å². The Labute approximate surface area is 256 Å². The van der Waals surface area contributed by atoms with Gasteiger partial charge < -0.3 is 58.0 Å². The number of hydrogen-bond donors (Lipinski definition) is 3. The second kappa shape index (κ2) is 10.4. The average molecular weight is 600 g/mol. The summed E-state index contributed by atoms with van der Waals surface area (Å²) >= 11 is 0. The van der Waals surface area contributed by atoms with E-state index in [2.05, 4.69) is 0 Å². The van der Waals surface area contributed by atoms with Crippen LogP contribution in [0.2, 0.25) is 0 Å². The Bertz CT molecular complexity index is 1770. The molecule has 2 aromatic rings. The quantitative estimate of drug-likeness (QED) is 0.423. The van der Waals surface area contributed by atoms with Gasteiger partial charge in [0.1, 0.15) is 27.2 Å². The summed E-state index contributed by atoms with van der Waals surface area (Å²) in [7, 11) is -6.41. The van der Waals surface area contributed by atoms with Crippen molar-refractivity contribution in [2.75, 3.05) is 34.0 Å². The zero-order valence-corrected chi connectivity index (χ0v) is 21.6. The van der Waals surface area contributed by atoms with Crippen molar-refractivity contribution in [2.45, 2.75) is 55.9 Å². The number of methoxy groups -OCH3 is 2. The second-order valence-electron chi connectivity index (χ2n) is 10.3. The van der Waals surface area contributed by atoms with Crippen LogP contribution in [0.3, 0.4) is 0 Å². The molecule has 3 N–H and O–H groups in total. The van der Waals surface area contributed by atoms with Crippen molar-refractivity contribution in [3.8, 4) is 28.7 Å². The van der Waals surface area contributed by atoms with Crippen LogP contribution in [-0.2, 0) is 28.5 Å². The fourth-order valence-electron chi connectivity index (χ4n) is 6.00. The second-order valence-corrected chi connectivity index (χ2v) is 10.3. The average Bonchev–Trinajstić information content (AvgIpc) is 3.55. The Morgan fingerprint density at radius 3 is 2.43 bits per heavy atom. The lowest BCUT2D eigenvalue weighted by Crippen LogP contribution is -2.63. The maximum Gasteiger partial charge on any atom is 0.310 e. The van der Waals surface area contributed by atoms with Crippen molar-refractivity contribution < 1.29 is 77.8 Å². The molecule has 0 bridgehead atoms. The van der Waals surface area contributed by atoms with Crippen molar-refractivity contribution in [3.63, 3.8) is 0 Å². The summed E-state index contributed by atoms with van der Waals surface area (Å²) in [5, 5.41) is 33.0. The summed E-state index contributed by atoms with van der Waals surface area (Å²) in [6.07, 6.45) is -11.0. The number of aliphatic hydroxyl groups excluding tert-OH is 2. The van der Waals surface area contributed by atoms with Crippen molar-refractivity contribution in [3.05, 3.63) is 41.0 Å². The van der Waals surface area contributed by atoms with Gasteiger partial charge in [-0.1, -0.05) is 0 Å². The van der Waals surface area contributed by atoms with Gasteiger partial charge in [0.25, 0.3) is 0 Å². The van der Waals surface area contributed by atoms with Crippen LogP contribution in [0.5, 0.6) is 28.7 Å². The molecule has 2 aromatic carbocycles. The molecular weight excluding hydrogens is 556 g/mol. The van der Waals surface area contributed by atoms with Gasteiger partial charge in [-0.2, -0.15) is 0 Å². The summed E-state index contributed by atoms with van der Waals surface area (Å²) in [5.74, 6) is -9.40. The van der Waals surface area contributed by atoms with Gasteiger partial charge in [-0.05, 0) is 47.9 Å². The maximum absolute atomic E-state index is 13.7. The predicted molar refractivity (Wildman–Crippen MR) is 138 cm³/mol. The van der Waals surface area contributed by atoms with Crippen molar-refractivity contribution in [1.82, 2.24) is 0 Å². The van der Waals surface area contributed by atoms with E-state index < -0.39 is 118 Å². The van der Waals surface area contributed by atoms with Crippen LogP contribution in [0, 0.1) is 11.8 Å². The molecule has 4 aliphatic heterocycles. The summed E-state index contributed by atoms with van der Waals surface area (Å²) in [4.78, 5) is 13.7. The fourth-order valence-corrected chi connectivity index (χ4v) is 6.00. The summed E-state index contributed by atoms with van der Waals surface area (Å²) < 4.78 is 137. The normalized spacial score (nSPS) is 45.1. The lowest BCUT2D eigenvalue weighted by molar-refractivity contribution is -0.364. The number of carbonyl (C=O) groups is 1. The zero-order valence-electron chi connectivity index (χ0n) is 32.6. The molecule has 13 nitrogen and oxygen atoms in total. The van der Waals surface area contributed by atoms with Crippen molar-refractivity contribution in [1.29, 1.82) is 0 Å². The minimum atomic E-state index is -3.20. The molecule has 3 saturated heterocycles.